The number of para-hydroxylation sites is 1. The molecule has 8 heteroatoms. The van der Waals surface area contributed by atoms with Crippen LogP contribution in [0.1, 0.15) is 17.0 Å². The zero-order valence-electron chi connectivity index (χ0n) is 14.3. The summed E-state index contributed by atoms with van der Waals surface area (Å²) in [6, 6.07) is 10.1. The first-order chi connectivity index (χ1) is 12.7. The number of alkyl halides is 3. The SMILES string of the molecule is CN(C(=O)C1C(=O)NCC1c1cccc(C(F)(F)F)c1)c1ccccc1F. The maximum atomic E-state index is 14.0. The third-order valence-electron chi connectivity index (χ3n) is 4.63. The van der Waals surface area contributed by atoms with Crippen molar-refractivity contribution in [1.82, 2.24) is 5.32 Å². The Labute approximate surface area is 152 Å². The summed E-state index contributed by atoms with van der Waals surface area (Å²) in [5.74, 6) is -3.93. The highest BCUT2D eigenvalue weighted by Gasteiger charge is 2.43. The normalized spacial score (nSPS) is 19.7. The standard InChI is InChI=1S/C19H16F4N2O2/c1-25(15-8-3-2-7-14(15)20)18(27)16-13(10-24-17(16)26)11-5-4-6-12(9-11)19(21,22)23/h2-9,13,16H,10H2,1H3,(H,24,26). The molecule has 4 nitrogen and oxygen atoms in total. The lowest BCUT2D eigenvalue weighted by Gasteiger charge is -2.24. The molecule has 1 N–H and O–H groups in total. The van der Waals surface area contributed by atoms with Crippen LogP contribution in [0.5, 0.6) is 0 Å². The second kappa shape index (κ2) is 7.02. The minimum atomic E-state index is -4.53. The number of amides is 2. The quantitative estimate of drug-likeness (QED) is 0.656. The predicted octanol–water partition coefficient (Wildman–Crippen LogP) is 3.34. The van der Waals surface area contributed by atoms with E-state index in [1.807, 2.05) is 0 Å². The van der Waals surface area contributed by atoms with Crippen molar-refractivity contribution < 1.29 is 27.2 Å². The molecule has 2 amide bonds. The lowest BCUT2D eigenvalue weighted by molar-refractivity contribution is -0.137. The molecule has 1 aliphatic rings. The number of benzene rings is 2. The van der Waals surface area contributed by atoms with Crippen molar-refractivity contribution in [2.24, 2.45) is 5.92 Å². The van der Waals surface area contributed by atoms with Crippen molar-refractivity contribution in [1.29, 1.82) is 0 Å². The van der Waals surface area contributed by atoms with Crippen LogP contribution in [0, 0.1) is 11.7 Å². The second-order valence-corrected chi connectivity index (χ2v) is 6.30. The largest absolute Gasteiger partial charge is 0.416 e. The third kappa shape index (κ3) is 3.65. The molecule has 0 aromatic heterocycles. The zero-order valence-corrected chi connectivity index (χ0v) is 14.3. The van der Waals surface area contributed by atoms with Crippen LogP contribution >= 0.6 is 0 Å². The summed E-state index contributed by atoms with van der Waals surface area (Å²) in [6.07, 6.45) is -4.53. The Bertz CT molecular complexity index is 882. The number of nitrogens with zero attached hydrogens (tertiary/aromatic N) is 1. The maximum absolute atomic E-state index is 14.0. The van der Waals surface area contributed by atoms with E-state index >= 15 is 0 Å². The van der Waals surface area contributed by atoms with Gasteiger partial charge in [-0.15, -0.1) is 0 Å². The fourth-order valence-corrected chi connectivity index (χ4v) is 3.21. The summed E-state index contributed by atoms with van der Waals surface area (Å²) in [7, 11) is 1.33. The van der Waals surface area contributed by atoms with E-state index in [9.17, 15) is 27.2 Å². The van der Waals surface area contributed by atoms with E-state index < -0.39 is 41.2 Å². The number of rotatable bonds is 3. The highest BCUT2D eigenvalue weighted by atomic mass is 19.4. The number of carbonyl (C=O) groups excluding carboxylic acids is 2. The molecule has 0 bridgehead atoms. The minimum Gasteiger partial charge on any atom is -0.355 e. The van der Waals surface area contributed by atoms with Gasteiger partial charge in [0, 0.05) is 19.5 Å². The molecular formula is C19H16F4N2O2. The Morgan fingerprint density at radius 1 is 1.15 bits per heavy atom. The molecular weight excluding hydrogens is 364 g/mol. The third-order valence-corrected chi connectivity index (χ3v) is 4.63. The van der Waals surface area contributed by atoms with Gasteiger partial charge in [-0.3, -0.25) is 9.59 Å². The van der Waals surface area contributed by atoms with Gasteiger partial charge in [0.15, 0.2) is 0 Å². The lowest BCUT2D eigenvalue weighted by Crippen LogP contribution is -2.39. The molecule has 3 rings (SSSR count). The summed E-state index contributed by atoms with van der Waals surface area (Å²) in [6.45, 7) is 0.0294. The van der Waals surface area contributed by atoms with Gasteiger partial charge < -0.3 is 10.2 Å². The molecule has 142 valence electrons. The van der Waals surface area contributed by atoms with Crippen LogP contribution in [0.25, 0.3) is 0 Å². The van der Waals surface area contributed by atoms with Crippen molar-refractivity contribution in [3.8, 4) is 0 Å². The Morgan fingerprint density at radius 3 is 2.52 bits per heavy atom. The fourth-order valence-electron chi connectivity index (χ4n) is 3.21. The van der Waals surface area contributed by atoms with Gasteiger partial charge >= 0.3 is 6.18 Å². The van der Waals surface area contributed by atoms with Gasteiger partial charge in [0.2, 0.25) is 11.8 Å². The Kier molecular flexibility index (Phi) is 4.91. The van der Waals surface area contributed by atoms with Gasteiger partial charge in [0.25, 0.3) is 0 Å². The smallest absolute Gasteiger partial charge is 0.355 e. The Hall–Kier alpha value is -2.90. The van der Waals surface area contributed by atoms with Crippen LogP contribution in [0.3, 0.4) is 0 Å². The Balaban J connectivity index is 1.93. The van der Waals surface area contributed by atoms with Crippen LogP contribution in [0.4, 0.5) is 23.2 Å². The van der Waals surface area contributed by atoms with E-state index in [1.165, 1.54) is 37.4 Å². The summed E-state index contributed by atoms with van der Waals surface area (Å²) in [4.78, 5) is 26.1. The first kappa shape index (κ1) is 18.9. The van der Waals surface area contributed by atoms with Crippen LogP contribution in [0.15, 0.2) is 48.5 Å². The number of carbonyl (C=O) groups is 2. The molecule has 1 fully saturated rings. The molecule has 0 aliphatic carbocycles. The van der Waals surface area contributed by atoms with E-state index in [0.717, 1.165) is 17.0 Å². The molecule has 1 heterocycles. The highest BCUT2D eigenvalue weighted by molar-refractivity contribution is 6.09. The number of halogens is 4. The van der Waals surface area contributed by atoms with Crippen molar-refractivity contribution in [3.05, 3.63) is 65.5 Å². The first-order valence-electron chi connectivity index (χ1n) is 8.17. The Morgan fingerprint density at radius 2 is 1.85 bits per heavy atom. The summed E-state index contributed by atoms with van der Waals surface area (Å²) < 4.78 is 52.9. The van der Waals surface area contributed by atoms with E-state index in [0.29, 0.717) is 0 Å². The zero-order chi connectivity index (χ0) is 19.8. The highest BCUT2D eigenvalue weighted by Crippen LogP contribution is 2.35. The maximum Gasteiger partial charge on any atom is 0.416 e. The molecule has 27 heavy (non-hydrogen) atoms. The van der Waals surface area contributed by atoms with Gasteiger partial charge in [-0.2, -0.15) is 13.2 Å². The number of hydrogen-bond donors (Lipinski definition) is 1. The number of hydrogen-bond acceptors (Lipinski definition) is 2. The van der Waals surface area contributed by atoms with E-state index in [2.05, 4.69) is 5.32 Å². The minimum absolute atomic E-state index is 0.00927. The lowest BCUT2D eigenvalue weighted by atomic mass is 9.86. The van der Waals surface area contributed by atoms with Crippen molar-refractivity contribution >= 4 is 17.5 Å². The average Bonchev–Trinajstić information content (AvgIpc) is 3.02. The van der Waals surface area contributed by atoms with E-state index in [4.69, 9.17) is 0 Å². The molecule has 0 spiro atoms. The van der Waals surface area contributed by atoms with Gasteiger partial charge in [0.1, 0.15) is 11.7 Å². The van der Waals surface area contributed by atoms with Crippen LogP contribution < -0.4 is 10.2 Å². The average molecular weight is 380 g/mol. The van der Waals surface area contributed by atoms with Gasteiger partial charge in [0.05, 0.1) is 11.3 Å². The molecule has 1 saturated heterocycles. The van der Waals surface area contributed by atoms with Crippen molar-refractivity contribution in [3.63, 3.8) is 0 Å². The van der Waals surface area contributed by atoms with E-state index in [-0.39, 0.29) is 17.8 Å². The van der Waals surface area contributed by atoms with Crippen LogP contribution in [-0.2, 0) is 15.8 Å². The summed E-state index contributed by atoms with van der Waals surface area (Å²) >= 11 is 0. The number of anilines is 1. The fraction of sp³-hybridized carbons (Fsp3) is 0.263. The van der Waals surface area contributed by atoms with E-state index in [1.54, 1.807) is 6.07 Å². The van der Waals surface area contributed by atoms with Gasteiger partial charge in [-0.05, 0) is 23.8 Å². The summed E-state index contributed by atoms with van der Waals surface area (Å²) in [5.41, 5.74) is -0.638. The van der Waals surface area contributed by atoms with Gasteiger partial charge in [-0.25, -0.2) is 4.39 Å². The second-order valence-electron chi connectivity index (χ2n) is 6.30. The molecule has 2 unspecified atom stereocenters. The molecule has 2 aromatic carbocycles. The topological polar surface area (TPSA) is 49.4 Å². The predicted molar refractivity (Wildman–Crippen MR) is 90.5 cm³/mol. The monoisotopic (exact) mass is 380 g/mol. The summed E-state index contributed by atoms with van der Waals surface area (Å²) in [5, 5.41) is 2.52. The molecule has 0 radical (unpaired) electrons. The van der Waals surface area contributed by atoms with Crippen molar-refractivity contribution in [2.45, 2.75) is 12.1 Å². The molecule has 0 saturated carbocycles. The first-order valence-corrected chi connectivity index (χ1v) is 8.17. The van der Waals surface area contributed by atoms with Crippen LogP contribution in [0.2, 0.25) is 0 Å². The molecule has 2 atom stereocenters. The van der Waals surface area contributed by atoms with Crippen LogP contribution in [-0.4, -0.2) is 25.4 Å². The van der Waals surface area contributed by atoms with Crippen molar-refractivity contribution in [2.75, 3.05) is 18.5 Å². The van der Waals surface area contributed by atoms with Gasteiger partial charge in [-0.1, -0.05) is 30.3 Å². The molecule has 2 aromatic rings. The molecule has 1 aliphatic heterocycles. The number of nitrogens with one attached hydrogen (secondary N) is 1.